The van der Waals surface area contributed by atoms with Crippen molar-refractivity contribution in [2.45, 2.75) is 69.6 Å². The molecule has 4 aliphatic rings. The second kappa shape index (κ2) is 8.38. The summed E-state index contributed by atoms with van der Waals surface area (Å²) in [6.45, 7) is 2.14. The number of carboxylic acids is 1. The van der Waals surface area contributed by atoms with Crippen molar-refractivity contribution >= 4 is 33.6 Å². The Morgan fingerprint density at radius 2 is 1.84 bits per heavy atom. The van der Waals surface area contributed by atoms with Crippen LogP contribution in [0.15, 0.2) is 53.1 Å². The molecule has 2 aromatic carbocycles. The van der Waals surface area contributed by atoms with E-state index in [-0.39, 0.29) is 10.8 Å². The number of aromatic nitrogens is 2. The smallest absolute Gasteiger partial charge is 0.335 e. The van der Waals surface area contributed by atoms with Crippen molar-refractivity contribution in [2.24, 2.45) is 5.41 Å². The molecule has 4 fully saturated rings. The normalized spacial score (nSPS) is 25.3. The van der Waals surface area contributed by atoms with E-state index >= 15 is 0 Å². The predicted octanol–water partition coefficient (Wildman–Crippen LogP) is 8.14. The van der Waals surface area contributed by atoms with Gasteiger partial charge in [0.05, 0.1) is 20.8 Å². The molecule has 2 aromatic heterocycles. The Morgan fingerprint density at radius 3 is 2.54 bits per heavy atom. The maximum Gasteiger partial charge on any atom is 0.335 e. The summed E-state index contributed by atoms with van der Waals surface area (Å²) in [5, 5.41) is 15.1. The van der Waals surface area contributed by atoms with Gasteiger partial charge in [-0.25, -0.2) is 9.78 Å². The maximum absolute atomic E-state index is 11.4. The Hall–Kier alpha value is -3.25. The van der Waals surface area contributed by atoms with Crippen molar-refractivity contribution in [3.63, 3.8) is 0 Å². The zero-order valence-corrected chi connectivity index (χ0v) is 21.8. The van der Waals surface area contributed by atoms with Crippen LogP contribution < -0.4 is 0 Å². The van der Waals surface area contributed by atoms with E-state index in [1.165, 1.54) is 29.0 Å². The summed E-state index contributed by atoms with van der Waals surface area (Å²) in [5.74, 6) is 0.681. The minimum Gasteiger partial charge on any atom is -0.478 e. The Labute approximate surface area is 220 Å². The molecule has 0 atom stereocenters. The van der Waals surface area contributed by atoms with Crippen LogP contribution in [0.4, 0.5) is 0 Å². The van der Waals surface area contributed by atoms with Gasteiger partial charge in [-0.05, 0) is 87.5 Å². The number of aromatic carboxylic acids is 1. The molecule has 0 amide bonds. The van der Waals surface area contributed by atoms with E-state index in [0.717, 1.165) is 65.8 Å². The van der Waals surface area contributed by atoms with Crippen LogP contribution in [-0.2, 0) is 5.41 Å². The molecule has 4 aliphatic carbocycles. The third-order valence-electron chi connectivity index (χ3n) is 9.10. The maximum atomic E-state index is 11.4. The monoisotopic (exact) mass is 510 g/mol. The standard InChI is InChI=1S/C31H30N2O3S/c1-19-4-2-3-5-22(19)26-23(27(36-33-26)20-6-7-20)10-11-30-12-15-31(16-13-30,17-14-30)29-32-24-9-8-21(28(34)35)18-25(24)37-29/h2-5,8-11,18,20H,6-7,12-17H2,1H3,(H,34,35). The highest BCUT2D eigenvalue weighted by atomic mass is 32.1. The third-order valence-corrected chi connectivity index (χ3v) is 10.4. The Morgan fingerprint density at radius 1 is 1.08 bits per heavy atom. The average molecular weight is 511 g/mol. The van der Waals surface area contributed by atoms with Gasteiger partial charge in [0.25, 0.3) is 0 Å². The molecule has 0 unspecified atom stereocenters. The Balaban J connectivity index is 1.16. The van der Waals surface area contributed by atoms with E-state index in [4.69, 9.17) is 9.51 Å². The van der Waals surface area contributed by atoms with Crippen molar-refractivity contribution in [1.82, 2.24) is 10.1 Å². The first-order valence-electron chi connectivity index (χ1n) is 13.3. The lowest BCUT2D eigenvalue weighted by molar-refractivity contribution is 0.0697. The highest BCUT2D eigenvalue weighted by molar-refractivity contribution is 7.18. The second-order valence-corrected chi connectivity index (χ2v) is 12.4. The summed E-state index contributed by atoms with van der Waals surface area (Å²) >= 11 is 1.69. The van der Waals surface area contributed by atoms with E-state index in [2.05, 4.69) is 48.5 Å². The van der Waals surface area contributed by atoms with E-state index in [1.807, 2.05) is 6.07 Å². The minimum atomic E-state index is -0.884. The third kappa shape index (κ3) is 3.84. The lowest BCUT2D eigenvalue weighted by Crippen LogP contribution is -2.43. The van der Waals surface area contributed by atoms with E-state index in [9.17, 15) is 9.90 Å². The molecule has 4 saturated carbocycles. The molecular weight excluding hydrogens is 480 g/mol. The molecule has 2 heterocycles. The number of benzene rings is 2. The molecular formula is C31H30N2O3S. The lowest BCUT2D eigenvalue weighted by Gasteiger charge is -2.51. The highest BCUT2D eigenvalue weighted by Crippen LogP contribution is 2.59. The van der Waals surface area contributed by atoms with Gasteiger partial charge in [-0.1, -0.05) is 41.6 Å². The molecule has 37 heavy (non-hydrogen) atoms. The van der Waals surface area contributed by atoms with Crippen LogP contribution >= 0.6 is 11.3 Å². The molecule has 0 saturated heterocycles. The Bertz CT molecular complexity index is 1530. The molecule has 5 nitrogen and oxygen atoms in total. The molecule has 8 rings (SSSR count). The number of rotatable bonds is 6. The molecule has 0 spiro atoms. The SMILES string of the molecule is Cc1ccccc1-c1noc(C2CC2)c1C=CC12CCC(c3nc4ccc(C(=O)O)cc4s3)(CC1)CC2. The number of thiazole rings is 1. The van der Waals surface area contributed by atoms with Crippen LogP contribution in [0.1, 0.15) is 89.5 Å². The van der Waals surface area contributed by atoms with Gasteiger partial charge >= 0.3 is 5.97 Å². The number of allylic oxidation sites excluding steroid dienone is 1. The molecule has 188 valence electrons. The second-order valence-electron chi connectivity index (χ2n) is 11.4. The summed E-state index contributed by atoms with van der Waals surface area (Å²) < 4.78 is 6.91. The van der Waals surface area contributed by atoms with Crippen LogP contribution in [0.25, 0.3) is 27.6 Å². The van der Waals surface area contributed by atoms with Gasteiger partial charge in [0.1, 0.15) is 11.5 Å². The summed E-state index contributed by atoms with van der Waals surface area (Å²) in [6, 6.07) is 13.7. The van der Waals surface area contributed by atoms with Crippen LogP contribution in [0.3, 0.4) is 0 Å². The van der Waals surface area contributed by atoms with Crippen molar-refractivity contribution in [3.8, 4) is 11.3 Å². The molecule has 1 N–H and O–H groups in total. The van der Waals surface area contributed by atoms with Crippen LogP contribution in [0.2, 0.25) is 0 Å². The quantitative estimate of drug-likeness (QED) is 0.283. The molecule has 0 radical (unpaired) electrons. The number of hydrogen-bond acceptors (Lipinski definition) is 5. The molecule has 6 heteroatoms. The largest absolute Gasteiger partial charge is 0.478 e. The predicted molar refractivity (Wildman–Crippen MR) is 146 cm³/mol. The van der Waals surface area contributed by atoms with E-state index in [0.29, 0.717) is 11.5 Å². The van der Waals surface area contributed by atoms with Crippen LogP contribution in [0.5, 0.6) is 0 Å². The fraction of sp³-hybridized carbons (Fsp3) is 0.387. The number of aryl methyl sites for hydroxylation is 1. The number of hydrogen-bond donors (Lipinski definition) is 1. The average Bonchev–Trinajstić information content (AvgIpc) is 3.53. The molecule has 0 aliphatic heterocycles. The first-order valence-corrected chi connectivity index (χ1v) is 14.2. The van der Waals surface area contributed by atoms with Gasteiger partial charge in [-0.15, -0.1) is 11.3 Å². The van der Waals surface area contributed by atoms with Crippen molar-refractivity contribution < 1.29 is 14.4 Å². The summed E-state index contributed by atoms with van der Waals surface area (Å²) in [7, 11) is 0. The number of fused-ring (bicyclic) bond motifs is 4. The molecule has 2 bridgehead atoms. The molecule has 4 aromatic rings. The summed E-state index contributed by atoms with van der Waals surface area (Å²) in [6.07, 6.45) is 14.0. The van der Waals surface area contributed by atoms with Crippen LogP contribution in [-0.4, -0.2) is 21.2 Å². The number of nitrogens with zero attached hydrogens (tertiary/aromatic N) is 2. The van der Waals surface area contributed by atoms with E-state index < -0.39 is 5.97 Å². The van der Waals surface area contributed by atoms with Gasteiger partial charge in [0.2, 0.25) is 0 Å². The summed E-state index contributed by atoms with van der Waals surface area (Å²) in [4.78, 5) is 16.4. The zero-order valence-electron chi connectivity index (χ0n) is 21.0. The van der Waals surface area contributed by atoms with Gasteiger partial charge in [0, 0.05) is 22.5 Å². The lowest BCUT2D eigenvalue weighted by atomic mass is 9.54. The van der Waals surface area contributed by atoms with E-state index in [1.54, 1.807) is 23.5 Å². The zero-order chi connectivity index (χ0) is 25.2. The fourth-order valence-corrected chi connectivity index (χ4v) is 7.75. The van der Waals surface area contributed by atoms with Crippen molar-refractivity contribution in [3.05, 3.63) is 76.0 Å². The minimum absolute atomic E-state index is 0.130. The van der Waals surface area contributed by atoms with Crippen molar-refractivity contribution in [2.75, 3.05) is 0 Å². The van der Waals surface area contributed by atoms with Gasteiger partial charge in [-0.3, -0.25) is 0 Å². The number of carboxylic acid groups (broad SMARTS) is 1. The summed E-state index contributed by atoms with van der Waals surface area (Å²) in [5.41, 5.74) is 6.13. The fourth-order valence-electron chi connectivity index (χ4n) is 6.47. The number of carbonyl (C=O) groups is 1. The highest BCUT2D eigenvalue weighted by Gasteiger charge is 2.49. The van der Waals surface area contributed by atoms with Crippen LogP contribution in [0, 0.1) is 12.3 Å². The first-order chi connectivity index (χ1) is 18.0. The first kappa shape index (κ1) is 22.9. The van der Waals surface area contributed by atoms with Crippen molar-refractivity contribution in [1.29, 1.82) is 0 Å². The topological polar surface area (TPSA) is 76.2 Å². The Kier molecular flexibility index (Phi) is 5.19. The van der Waals surface area contributed by atoms with Gasteiger partial charge in [0.15, 0.2) is 0 Å². The van der Waals surface area contributed by atoms with Gasteiger partial charge < -0.3 is 9.63 Å². The van der Waals surface area contributed by atoms with Gasteiger partial charge in [-0.2, -0.15) is 0 Å².